The molecule has 0 heterocycles. The largest absolute Gasteiger partial charge is 0.431 e. The summed E-state index contributed by atoms with van der Waals surface area (Å²) in [4.78, 5) is 0. The molecule has 9 heteroatoms. The van der Waals surface area contributed by atoms with Crippen molar-refractivity contribution in [2.45, 2.75) is 30.5 Å². The fraction of sp³-hybridized carbons (Fsp3) is 0.417. The molecule has 1 aromatic rings. The van der Waals surface area contributed by atoms with Crippen molar-refractivity contribution in [1.29, 1.82) is 5.26 Å². The van der Waals surface area contributed by atoms with Gasteiger partial charge in [0.2, 0.25) is 0 Å². The van der Waals surface area contributed by atoms with Crippen molar-refractivity contribution in [3.8, 4) is 6.07 Å². The Kier molecular flexibility index (Phi) is 4.53. The van der Waals surface area contributed by atoms with Gasteiger partial charge in [0.25, 0.3) is 0 Å². The highest BCUT2D eigenvalue weighted by atomic mass is 19.4. The van der Waals surface area contributed by atoms with Crippen LogP contribution in [0.5, 0.6) is 0 Å². The van der Waals surface area contributed by atoms with E-state index in [0.717, 1.165) is 12.1 Å². The molecule has 0 aliphatic heterocycles. The number of nitriles is 1. The molecule has 116 valence electrons. The maximum Gasteiger partial charge on any atom is 0.431 e. The number of aliphatic hydroxyl groups excluding tert-OH is 1. The molecule has 1 unspecified atom stereocenters. The second-order valence-electron chi connectivity index (χ2n) is 4.22. The van der Waals surface area contributed by atoms with Crippen LogP contribution in [0.1, 0.15) is 23.7 Å². The van der Waals surface area contributed by atoms with Gasteiger partial charge in [-0.05, 0) is 11.6 Å². The molecule has 2 nitrogen and oxygen atoms in total. The summed E-state index contributed by atoms with van der Waals surface area (Å²) < 4.78 is 87.8. The minimum absolute atomic E-state index is 0.336. The van der Waals surface area contributed by atoms with Crippen molar-refractivity contribution in [3.05, 3.63) is 35.4 Å². The number of benzene rings is 1. The SMILES string of the molecule is N#Cc1ccccc1C(O)CC(F)(C(F)(F)F)C(F)(F)F. The van der Waals surface area contributed by atoms with Gasteiger partial charge in [0.15, 0.2) is 0 Å². The zero-order valence-electron chi connectivity index (χ0n) is 10.1. The molecule has 0 aromatic heterocycles. The van der Waals surface area contributed by atoms with Gasteiger partial charge in [-0.25, -0.2) is 4.39 Å². The molecule has 0 saturated carbocycles. The van der Waals surface area contributed by atoms with E-state index in [9.17, 15) is 35.8 Å². The first-order valence-corrected chi connectivity index (χ1v) is 5.43. The molecule has 1 rings (SSSR count). The summed E-state index contributed by atoms with van der Waals surface area (Å²) in [5.41, 5.74) is -6.41. The minimum atomic E-state index is -6.24. The molecule has 0 aliphatic carbocycles. The lowest BCUT2D eigenvalue weighted by Crippen LogP contribution is -2.54. The minimum Gasteiger partial charge on any atom is -0.388 e. The Bertz CT molecular complexity index is 530. The summed E-state index contributed by atoms with van der Waals surface area (Å²) in [6.07, 6.45) is -17.2. The zero-order valence-corrected chi connectivity index (χ0v) is 10.1. The number of rotatable bonds is 3. The number of hydrogen-bond acceptors (Lipinski definition) is 2. The maximum atomic E-state index is 13.5. The van der Waals surface area contributed by atoms with Crippen LogP contribution in [-0.2, 0) is 0 Å². The number of halogens is 7. The van der Waals surface area contributed by atoms with E-state index in [1.807, 2.05) is 0 Å². The van der Waals surface area contributed by atoms with Crippen LogP contribution in [0.3, 0.4) is 0 Å². The van der Waals surface area contributed by atoms with E-state index in [-0.39, 0.29) is 5.56 Å². The monoisotopic (exact) mass is 315 g/mol. The van der Waals surface area contributed by atoms with Gasteiger partial charge in [-0.2, -0.15) is 31.6 Å². The molecule has 0 radical (unpaired) electrons. The molecule has 0 saturated heterocycles. The molecule has 1 atom stereocenters. The third-order valence-electron chi connectivity index (χ3n) is 2.81. The first-order valence-electron chi connectivity index (χ1n) is 5.43. The van der Waals surface area contributed by atoms with Crippen molar-refractivity contribution in [1.82, 2.24) is 0 Å². The predicted octanol–water partition coefficient (Wildman–Crippen LogP) is 3.81. The van der Waals surface area contributed by atoms with Crippen molar-refractivity contribution >= 4 is 0 Å². The highest BCUT2D eigenvalue weighted by Gasteiger charge is 2.72. The van der Waals surface area contributed by atoms with Crippen molar-refractivity contribution < 1.29 is 35.8 Å². The molecule has 0 fully saturated rings. The van der Waals surface area contributed by atoms with E-state index < -0.39 is 36.1 Å². The lowest BCUT2D eigenvalue weighted by molar-refractivity contribution is -0.347. The predicted molar refractivity (Wildman–Crippen MR) is 56.7 cm³/mol. The molecule has 1 N–H and O–H groups in total. The highest BCUT2D eigenvalue weighted by molar-refractivity contribution is 5.38. The second-order valence-corrected chi connectivity index (χ2v) is 4.22. The van der Waals surface area contributed by atoms with E-state index >= 15 is 0 Å². The fourth-order valence-electron chi connectivity index (χ4n) is 1.66. The van der Waals surface area contributed by atoms with Crippen molar-refractivity contribution in [2.24, 2.45) is 0 Å². The van der Waals surface area contributed by atoms with Gasteiger partial charge < -0.3 is 5.11 Å². The first-order chi connectivity index (χ1) is 9.44. The number of hydrogen-bond donors (Lipinski definition) is 1. The average Bonchev–Trinajstić information content (AvgIpc) is 2.35. The van der Waals surface area contributed by atoms with E-state index in [4.69, 9.17) is 5.26 Å². The van der Waals surface area contributed by atoms with Crippen LogP contribution >= 0.6 is 0 Å². The van der Waals surface area contributed by atoms with E-state index in [1.54, 1.807) is 0 Å². The van der Waals surface area contributed by atoms with Crippen molar-refractivity contribution in [3.63, 3.8) is 0 Å². The summed E-state index contributed by atoms with van der Waals surface area (Å²) in [6, 6.07) is 6.02. The van der Waals surface area contributed by atoms with Gasteiger partial charge in [0.1, 0.15) is 0 Å². The molecule has 0 aliphatic rings. The summed E-state index contributed by atoms with van der Waals surface area (Å²) in [5, 5.41) is 18.2. The van der Waals surface area contributed by atoms with Gasteiger partial charge in [0, 0.05) is 6.42 Å². The van der Waals surface area contributed by atoms with Gasteiger partial charge in [-0.3, -0.25) is 0 Å². The maximum absolute atomic E-state index is 13.5. The number of nitrogens with zero attached hydrogens (tertiary/aromatic N) is 1. The van der Waals surface area contributed by atoms with Crippen LogP contribution < -0.4 is 0 Å². The molecule has 0 amide bonds. The summed E-state index contributed by atoms with van der Waals surface area (Å²) in [7, 11) is 0. The molecule has 1 aromatic carbocycles. The Morgan fingerprint density at radius 2 is 1.48 bits per heavy atom. The lowest BCUT2D eigenvalue weighted by atomic mass is 9.91. The Labute approximate surface area is 114 Å². The summed E-state index contributed by atoms with van der Waals surface area (Å²) >= 11 is 0. The van der Waals surface area contributed by atoms with E-state index in [1.165, 1.54) is 18.2 Å². The smallest absolute Gasteiger partial charge is 0.388 e. The van der Waals surface area contributed by atoms with E-state index in [0.29, 0.717) is 0 Å². The van der Waals surface area contributed by atoms with Gasteiger partial charge in [-0.1, -0.05) is 18.2 Å². The third kappa shape index (κ3) is 3.26. The van der Waals surface area contributed by atoms with Gasteiger partial charge in [-0.15, -0.1) is 0 Å². The number of alkyl halides is 7. The Morgan fingerprint density at radius 3 is 1.90 bits per heavy atom. The Morgan fingerprint density at radius 1 is 1.00 bits per heavy atom. The highest BCUT2D eigenvalue weighted by Crippen LogP contribution is 2.50. The molecule has 0 spiro atoms. The second kappa shape index (κ2) is 5.52. The van der Waals surface area contributed by atoms with Gasteiger partial charge >= 0.3 is 18.0 Å². The molecular formula is C12H8F7NO. The van der Waals surface area contributed by atoms with Crippen LogP contribution in [0, 0.1) is 11.3 Å². The first kappa shape index (κ1) is 17.2. The molecule has 21 heavy (non-hydrogen) atoms. The van der Waals surface area contributed by atoms with Crippen LogP contribution in [0.4, 0.5) is 30.7 Å². The third-order valence-corrected chi connectivity index (χ3v) is 2.81. The fourth-order valence-corrected chi connectivity index (χ4v) is 1.66. The van der Waals surface area contributed by atoms with Gasteiger partial charge in [0.05, 0.1) is 17.7 Å². The quantitative estimate of drug-likeness (QED) is 0.862. The standard InChI is InChI=1S/C12H8F7NO/c13-10(11(14,15)16,12(17,18)19)5-9(21)8-4-2-1-3-7(8)6-20/h1-4,9,21H,5H2. The molecule has 0 bridgehead atoms. The molecular weight excluding hydrogens is 307 g/mol. The normalized spacial score (nSPS) is 14.6. The Hall–Kier alpha value is -1.82. The topological polar surface area (TPSA) is 44.0 Å². The average molecular weight is 315 g/mol. The van der Waals surface area contributed by atoms with E-state index in [2.05, 4.69) is 0 Å². The van der Waals surface area contributed by atoms with Crippen LogP contribution in [0.15, 0.2) is 24.3 Å². The number of aliphatic hydroxyl groups is 1. The summed E-state index contributed by atoms with van der Waals surface area (Å²) in [5.74, 6) is 0. The van der Waals surface area contributed by atoms with Crippen LogP contribution in [0.25, 0.3) is 0 Å². The summed E-state index contributed by atoms with van der Waals surface area (Å²) in [6.45, 7) is 0. The zero-order chi connectivity index (χ0) is 16.5. The van der Waals surface area contributed by atoms with Crippen LogP contribution in [0.2, 0.25) is 0 Å². The van der Waals surface area contributed by atoms with Crippen molar-refractivity contribution in [2.75, 3.05) is 0 Å². The Balaban J connectivity index is 3.20. The lowest BCUT2D eigenvalue weighted by Gasteiger charge is -2.31. The van der Waals surface area contributed by atoms with Crippen LogP contribution in [-0.4, -0.2) is 23.1 Å².